The molecule has 5 aromatic rings. The van der Waals surface area contributed by atoms with Crippen LogP contribution in [0.2, 0.25) is 0 Å². The first-order valence-corrected chi connectivity index (χ1v) is 11.4. The first-order valence-electron chi connectivity index (χ1n) is 10.6. The van der Waals surface area contributed by atoms with E-state index in [1.54, 1.807) is 15.3 Å². The number of nitrogens with zero attached hydrogens (tertiary/aromatic N) is 7. The van der Waals surface area contributed by atoms with E-state index in [2.05, 4.69) is 32.3 Å². The van der Waals surface area contributed by atoms with Crippen LogP contribution in [0.3, 0.4) is 0 Å². The third kappa shape index (κ3) is 3.70. The molecule has 1 aromatic carbocycles. The summed E-state index contributed by atoms with van der Waals surface area (Å²) in [6, 6.07) is 9.66. The largest absolute Gasteiger partial charge is 0.378 e. The average molecular weight is 462 g/mol. The molecule has 0 aliphatic carbocycles. The minimum atomic E-state index is -0.429. The van der Waals surface area contributed by atoms with Crippen LogP contribution in [-0.2, 0) is 11.8 Å². The predicted molar refractivity (Wildman–Crippen MR) is 124 cm³/mol. The molecule has 4 aromatic heterocycles. The van der Waals surface area contributed by atoms with E-state index in [0.717, 1.165) is 53.4 Å². The Morgan fingerprint density at radius 3 is 2.73 bits per heavy atom. The maximum absolute atomic E-state index is 14.8. The van der Waals surface area contributed by atoms with Crippen molar-refractivity contribution in [1.29, 1.82) is 0 Å². The Morgan fingerprint density at radius 1 is 1.03 bits per heavy atom. The van der Waals surface area contributed by atoms with E-state index >= 15 is 0 Å². The zero-order valence-corrected chi connectivity index (χ0v) is 18.7. The lowest BCUT2D eigenvalue weighted by molar-refractivity contribution is 0.122. The quantitative estimate of drug-likeness (QED) is 0.403. The molecule has 0 radical (unpaired) electrons. The number of hydrogen-bond acceptors (Lipinski definition) is 7. The molecule has 0 saturated carbocycles. The molecule has 0 bridgehead atoms. The fraction of sp³-hybridized carbons (Fsp3) is 0.217. The van der Waals surface area contributed by atoms with Crippen molar-refractivity contribution in [3.8, 4) is 11.1 Å². The zero-order chi connectivity index (χ0) is 22.4. The number of ether oxygens (including phenoxy) is 1. The van der Waals surface area contributed by atoms with Gasteiger partial charge in [0.05, 0.1) is 36.8 Å². The van der Waals surface area contributed by atoms with Crippen LogP contribution < -0.4 is 4.90 Å². The Labute approximate surface area is 193 Å². The lowest BCUT2D eigenvalue weighted by Gasteiger charge is -2.28. The lowest BCUT2D eigenvalue weighted by Crippen LogP contribution is -2.36. The van der Waals surface area contributed by atoms with Crippen molar-refractivity contribution in [2.24, 2.45) is 7.05 Å². The molecule has 5 heterocycles. The van der Waals surface area contributed by atoms with Gasteiger partial charge < -0.3 is 9.64 Å². The van der Waals surface area contributed by atoms with E-state index in [-0.39, 0.29) is 5.65 Å². The number of rotatable bonds is 4. The van der Waals surface area contributed by atoms with Gasteiger partial charge in [-0.2, -0.15) is 5.10 Å². The summed E-state index contributed by atoms with van der Waals surface area (Å²) in [4.78, 5) is 7.97. The van der Waals surface area contributed by atoms with Gasteiger partial charge in [-0.1, -0.05) is 12.1 Å². The molecule has 1 aliphatic rings. The molecule has 8 nitrogen and oxygen atoms in total. The van der Waals surface area contributed by atoms with Crippen molar-refractivity contribution in [3.05, 3.63) is 60.9 Å². The molecular formula is C23H20FN7OS. The Hall–Kier alpha value is -3.50. The SMILES string of the molecule is Cn1cc(-c2cc(F)c3nnc(Sc4cccc5cc(N6CCOCC6)cnc45)n3c2)cn1. The number of aromatic nitrogens is 6. The molecule has 1 saturated heterocycles. The highest BCUT2D eigenvalue weighted by Crippen LogP contribution is 2.34. The number of aryl methyl sites for hydroxylation is 1. The number of para-hydroxylation sites is 1. The van der Waals surface area contributed by atoms with E-state index < -0.39 is 5.82 Å². The Morgan fingerprint density at radius 2 is 1.91 bits per heavy atom. The number of benzene rings is 1. The van der Waals surface area contributed by atoms with Crippen molar-refractivity contribution >= 4 is 34.0 Å². The summed E-state index contributed by atoms with van der Waals surface area (Å²) < 4.78 is 23.6. The van der Waals surface area contributed by atoms with E-state index in [0.29, 0.717) is 10.7 Å². The summed E-state index contributed by atoms with van der Waals surface area (Å²) >= 11 is 1.42. The van der Waals surface area contributed by atoms with Gasteiger partial charge in [0.2, 0.25) is 5.16 Å². The normalized spacial score (nSPS) is 14.4. The van der Waals surface area contributed by atoms with Crippen molar-refractivity contribution < 1.29 is 9.13 Å². The molecule has 0 spiro atoms. The van der Waals surface area contributed by atoms with Crippen LogP contribution in [0.1, 0.15) is 0 Å². The van der Waals surface area contributed by atoms with Crippen molar-refractivity contribution in [1.82, 2.24) is 29.4 Å². The molecule has 33 heavy (non-hydrogen) atoms. The Kier molecular flexibility index (Phi) is 4.96. The molecule has 0 amide bonds. The van der Waals surface area contributed by atoms with Crippen molar-refractivity contribution in [2.75, 3.05) is 31.2 Å². The van der Waals surface area contributed by atoms with E-state index in [4.69, 9.17) is 9.72 Å². The lowest BCUT2D eigenvalue weighted by atomic mass is 10.1. The summed E-state index contributed by atoms with van der Waals surface area (Å²) in [6.07, 6.45) is 7.30. The zero-order valence-electron chi connectivity index (χ0n) is 17.8. The maximum Gasteiger partial charge on any atom is 0.200 e. The molecule has 6 rings (SSSR count). The third-order valence-corrected chi connectivity index (χ3v) is 6.71. The molecule has 0 unspecified atom stereocenters. The molecule has 166 valence electrons. The highest BCUT2D eigenvalue weighted by molar-refractivity contribution is 7.99. The number of hydrogen-bond donors (Lipinski definition) is 0. The fourth-order valence-corrected chi connectivity index (χ4v) is 4.96. The van der Waals surface area contributed by atoms with Crippen LogP contribution in [0, 0.1) is 5.82 Å². The van der Waals surface area contributed by atoms with Gasteiger partial charge in [-0.3, -0.25) is 14.1 Å². The predicted octanol–water partition coefficient (Wildman–Crippen LogP) is 3.80. The van der Waals surface area contributed by atoms with Gasteiger partial charge in [-0.25, -0.2) is 4.39 Å². The van der Waals surface area contributed by atoms with Gasteiger partial charge in [0.15, 0.2) is 11.5 Å². The Balaban J connectivity index is 1.38. The first kappa shape index (κ1) is 20.1. The van der Waals surface area contributed by atoms with E-state index in [1.807, 2.05) is 37.8 Å². The van der Waals surface area contributed by atoms with Gasteiger partial charge >= 0.3 is 0 Å². The molecule has 0 N–H and O–H groups in total. The molecule has 10 heteroatoms. The number of morpholine rings is 1. The summed E-state index contributed by atoms with van der Waals surface area (Å²) in [5.74, 6) is -0.429. The molecule has 1 aliphatic heterocycles. The van der Waals surface area contributed by atoms with Gasteiger partial charge in [-0.05, 0) is 30.0 Å². The van der Waals surface area contributed by atoms with Gasteiger partial charge in [0.25, 0.3) is 0 Å². The fourth-order valence-electron chi connectivity index (χ4n) is 4.03. The second-order valence-corrected chi connectivity index (χ2v) is 8.89. The standard InChI is InChI=1S/C23H20FN7OS/c1-29-13-17(11-26-29)16-10-19(24)22-27-28-23(31(22)14-16)33-20-4-2-3-15-9-18(12-25-21(15)20)30-5-7-32-8-6-30/h2-4,9-14H,5-8H2,1H3. The number of fused-ring (bicyclic) bond motifs is 2. The van der Waals surface area contributed by atoms with E-state index in [1.165, 1.54) is 17.8 Å². The highest BCUT2D eigenvalue weighted by Gasteiger charge is 2.17. The molecule has 1 fully saturated rings. The first-order chi connectivity index (χ1) is 16.2. The maximum atomic E-state index is 14.8. The number of pyridine rings is 2. The minimum absolute atomic E-state index is 0.188. The average Bonchev–Trinajstić information content (AvgIpc) is 3.46. The monoisotopic (exact) mass is 461 g/mol. The summed E-state index contributed by atoms with van der Waals surface area (Å²) in [6.45, 7) is 3.17. The molecular weight excluding hydrogens is 441 g/mol. The smallest absolute Gasteiger partial charge is 0.200 e. The van der Waals surface area contributed by atoms with E-state index in [9.17, 15) is 4.39 Å². The summed E-state index contributed by atoms with van der Waals surface area (Å²) in [7, 11) is 1.83. The van der Waals surface area contributed by atoms with Crippen LogP contribution in [0.4, 0.5) is 10.1 Å². The Bertz CT molecular complexity index is 1470. The van der Waals surface area contributed by atoms with Crippen LogP contribution >= 0.6 is 11.8 Å². The number of anilines is 1. The highest BCUT2D eigenvalue weighted by atomic mass is 32.2. The summed E-state index contributed by atoms with van der Waals surface area (Å²) in [5.41, 5.74) is 3.68. The van der Waals surface area contributed by atoms with Crippen molar-refractivity contribution in [2.45, 2.75) is 10.1 Å². The van der Waals surface area contributed by atoms with Gasteiger partial charge in [0.1, 0.15) is 0 Å². The topological polar surface area (TPSA) is 73.4 Å². The minimum Gasteiger partial charge on any atom is -0.378 e. The van der Waals surface area contributed by atoms with Crippen LogP contribution in [0.15, 0.2) is 65.2 Å². The van der Waals surface area contributed by atoms with Crippen LogP contribution in [0.5, 0.6) is 0 Å². The second-order valence-electron chi connectivity index (χ2n) is 7.88. The van der Waals surface area contributed by atoms with Crippen LogP contribution in [-0.4, -0.2) is 55.7 Å². The summed E-state index contributed by atoms with van der Waals surface area (Å²) in [5, 5.41) is 14.1. The number of halogens is 1. The van der Waals surface area contributed by atoms with Crippen LogP contribution in [0.25, 0.3) is 27.7 Å². The third-order valence-electron chi connectivity index (χ3n) is 5.70. The van der Waals surface area contributed by atoms with Gasteiger partial charge in [0, 0.05) is 53.9 Å². The van der Waals surface area contributed by atoms with Gasteiger partial charge in [-0.15, -0.1) is 10.2 Å². The second kappa shape index (κ2) is 8.13. The van der Waals surface area contributed by atoms with Crippen molar-refractivity contribution in [3.63, 3.8) is 0 Å². The molecule has 0 atom stereocenters.